The van der Waals surface area contributed by atoms with Crippen molar-refractivity contribution in [1.29, 1.82) is 0 Å². The molecule has 1 aliphatic rings. The first-order valence-electron chi connectivity index (χ1n) is 9.76. The first-order chi connectivity index (χ1) is 15.4. The number of anilines is 2. The maximum absolute atomic E-state index is 13.5. The molecule has 0 unspecified atom stereocenters. The highest BCUT2D eigenvalue weighted by atomic mass is 16.6. The predicted octanol–water partition coefficient (Wildman–Crippen LogP) is 4.31. The van der Waals surface area contributed by atoms with Crippen LogP contribution in [0.15, 0.2) is 78.5 Å². The van der Waals surface area contributed by atoms with E-state index < -0.39 is 16.7 Å². The number of nitrogens with zero attached hydrogens (tertiary/aromatic N) is 2. The van der Waals surface area contributed by atoms with Crippen LogP contribution in [0.25, 0.3) is 5.57 Å². The van der Waals surface area contributed by atoms with Gasteiger partial charge in [-0.3, -0.25) is 19.7 Å². The van der Waals surface area contributed by atoms with Gasteiger partial charge < -0.3 is 10.1 Å². The lowest BCUT2D eigenvalue weighted by atomic mass is 10.0. The van der Waals surface area contributed by atoms with E-state index in [-0.39, 0.29) is 17.0 Å². The Kier molecular flexibility index (Phi) is 5.43. The summed E-state index contributed by atoms with van der Waals surface area (Å²) in [6.07, 6.45) is 0. The highest BCUT2D eigenvalue weighted by molar-refractivity contribution is 6.46. The van der Waals surface area contributed by atoms with E-state index in [0.717, 1.165) is 10.5 Å². The van der Waals surface area contributed by atoms with Gasteiger partial charge in [-0.05, 0) is 48.4 Å². The number of amides is 2. The number of hydrogen-bond acceptors (Lipinski definition) is 6. The number of benzene rings is 3. The standard InChI is InChI=1S/C24H19N3O5/c1-15-7-3-5-9-19(15)26-23(28)21(16-11-13-17(14-12-16)27(30)31)22(24(26)29)25-18-8-4-6-10-20(18)32-2/h3-14,25H,1-2H3. The first-order valence-corrected chi connectivity index (χ1v) is 9.76. The summed E-state index contributed by atoms with van der Waals surface area (Å²) in [6, 6.07) is 19.6. The van der Waals surface area contributed by atoms with E-state index in [1.807, 2.05) is 19.1 Å². The zero-order valence-electron chi connectivity index (χ0n) is 17.4. The number of aryl methyl sites for hydroxylation is 1. The Balaban J connectivity index is 1.86. The number of non-ortho nitro benzene ring substituents is 1. The maximum atomic E-state index is 13.5. The molecule has 8 heteroatoms. The molecule has 0 aliphatic carbocycles. The fourth-order valence-corrected chi connectivity index (χ4v) is 3.58. The van der Waals surface area contributed by atoms with E-state index in [9.17, 15) is 19.7 Å². The van der Waals surface area contributed by atoms with Crippen molar-refractivity contribution in [2.24, 2.45) is 0 Å². The number of nitro benzene ring substituents is 1. The van der Waals surface area contributed by atoms with Crippen molar-refractivity contribution in [3.63, 3.8) is 0 Å². The van der Waals surface area contributed by atoms with Crippen LogP contribution in [-0.2, 0) is 9.59 Å². The minimum absolute atomic E-state index is 0.0663. The Bertz CT molecular complexity index is 1260. The number of nitro groups is 1. The fraction of sp³-hybridized carbons (Fsp3) is 0.0833. The molecule has 0 radical (unpaired) electrons. The second-order valence-electron chi connectivity index (χ2n) is 7.11. The van der Waals surface area contributed by atoms with Gasteiger partial charge >= 0.3 is 0 Å². The Hall–Kier alpha value is -4.46. The molecular weight excluding hydrogens is 410 g/mol. The molecule has 4 rings (SSSR count). The van der Waals surface area contributed by atoms with Gasteiger partial charge in [-0.25, -0.2) is 4.90 Å². The van der Waals surface area contributed by atoms with Crippen molar-refractivity contribution in [1.82, 2.24) is 0 Å². The minimum Gasteiger partial charge on any atom is -0.495 e. The van der Waals surface area contributed by atoms with Crippen LogP contribution in [0.2, 0.25) is 0 Å². The number of ether oxygens (including phenoxy) is 1. The second-order valence-corrected chi connectivity index (χ2v) is 7.11. The summed E-state index contributed by atoms with van der Waals surface area (Å²) < 4.78 is 5.36. The zero-order valence-corrected chi connectivity index (χ0v) is 17.4. The number of rotatable bonds is 6. The number of carbonyl (C=O) groups is 2. The second kappa shape index (κ2) is 8.35. The van der Waals surface area contributed by atoms with Crippen molar-refractivity contribution in [2.45, 2.75) is 6.92 Å². The lowest BCUT2D eigenvalue weighted by molar-refractivity contribution is -0.384. The third-order valence-corrected chi connectivity index (χ3v) is 5.17. The van der Waals surface area contributed by atoms with Crippen LogP contribution in [0.3, 0.4) is 0 Å². The third-order valence-electron chi connectivity index (χ3n) is 5.17. The number of hydrogen-bond donors (Lipinski definition) is 1. The highest BCUT2D eigenvalue weighted by Crippen LogP contribution is 2.36. The number of methoxy groups -OCH3 is 1. The molecule has 0 saturated carbocycles. The van der Waals surface area contributed by atoms with Gasteiger partial charge in [-0.15, -0.1) is 0 Å². The van der Waals surface area contributed by atoms with Gasteiger partial charge in [-0.2, -0.15) is 0 Å². The van der Waals surface area contributed by atoms with Gasteiger partial charge in [0.2, 0.25) is 0 Å². The van der Waals surface area contributed by atoms with E-state index in [1.165, 1.54) is 31.4 Å². The smallest absolute Gasteiger partial charge is 0.282 e. The number of carbonyl (C=O) groups excluding carboxylic acids is 2. The molecule has 3 aromatic carbocycles. The number of nitrogens with one attached hydrogen (secondary N) is 1. The summed E-state index contributed by atoms with van der Waals surface area (Å²) in [6.45, 7) is 1.81. The quantitative estimate of drug-likeness (QED) is 0.356. The van der Waals surface area contributed by atoms with E-state index in [4.69, 9.17) is 4.74 Å². The van der Waals surface area contributed by atoms with Crippen LogP contribution >= 0.6 is 0 Å². The van der Waals surface area contributed by atoms with Crippen LogP contribution in [0.4, 0.5) is 17.1 Å². The average molecular weight is 429 g/mol. The number of para-hydroxylation sites is 3. The Labute approximate surface area is 183 Å². The normalized spacial score (nSPS) is 13.5. The van der Waals surface area contributed by atoms with E-state index in [2.05, 4.69) is 5.32 Å². The zero-order chi connectivity index (χ0) is 22.8. The van der Waals surface area contributed by atoms with Crippen molar-refractivity contribution >= 4 is 34.4 Å². The van der Waals surface area contributed by atoms with Crippen molar-refractivity contribution in [2.75, 3.05) is 17.3 Å². The van der Waals surface area contributed by atoms with E-state index >= 15 is 0 Å². The maximum Gasteiger partial charge on any atom is 0.282 e. The Morgan fingerprint density at radius 3 is 2.22 bits per heavy atom. The van der Waals surface area contributed by atoms with Gasteiger partial charge in [0.05, 0.1) is 29.0 Å². The van der Waals surface area contributed by atoms with Gasteiger partial charge in [0.1, 0.15) is 11.4 Å². The lowest BCUT2D eigenvalue weighted by Crippen LogP contribution is -2.33. The van der Waals surface area contributed by atoms with Crippen LogP contribution in [0, 0.1) is 17.0 Å². The van der Waals surface area contributed by atoms with E-state index in [1.54, 1.807) is 36.4 Å². The van der Waals surface area contributed by atoms with Crippen LogP contribution in [-0.4, -0.2) is 23.8 Å². The molecule has 1 aliphatic heterocycles. The van der Waals surface area contributed by atoms with Gasteiger partial charge in [0.15, 0.2) is 0 Å². The Morgan fingerprint density at radius 2 is 1.56 bits per heavy atom. The molecule has 3 aromatic rings. The third kappa shape index (κ3) is 3.58. The molecule has 0 atom stereocenters. The molecule has 160 valence electrons. The minimum atomic E-state index is -0.524. The molecule has 1 N–H and O–H groups in total. The summed E-state index contributed by atoms with van der Waals surface area (Å²) in [5, 5.41) is 14.1. The summed E-state index contributed by atoms with van der Waals surface area (Å²) in [4.78, 5) is 38.6. The monoisotopic (exact) mass is 429 g/mol. The lowest BCUT2D eigenvalue weighted by Gasteiger charge is -2.18. The Morgan fingerprint density at radius 1 is 0.906 bits per heavy atom. The van der Waals surface area contributed by atoms with Crippen LogP contribution in [0.1, 0.15) is 11.1 Å². The topological polar surface area (TPSA) is 102 Å². The molecule has 8 nitrogen and oxygen atoms in total. The highest BCUT2D eigenvalue weighted by Gasteiger charge is 2.41. The predicted molar refractivity (Wildman–Crippen MR) is 120 cm³/mol. The summed E-state index contributed by atoms with van der Waals surface area (Å²) in [5.41, 5.74) is 2.21. The van der Waals surface area contributed by atoms with E-state index in [0.29, 0.717) is 22.7 Å². The average Bonchev–Trinajstić information content (AvgIpc) is 3.04. The molecule has 0 saturated heterocycles. The van der Waals surface area contributed by atoms with Crippen LogP contribution < -0.4 is 15.0 Å². The van der Waals surface area contributed by atoms with Crippen molar-refractivity contribution < 1.29 is 19.2 Å². The molecule has 0 bridgehead atoms. The van der Waals surface area contributed by atoms with Crippen molar-refractivity contribution in [3.05, 3.63) is 99.7 Å². The fourth-order valence-electron chi connectivity index (χ4n) is 3.58. The molecule has 0 spiro atoms. The summed E-state index contributed by atoms with van der Waals surface area (Å²) >= 11 is 0. The SMILES string of the molecule is COc1ccccc1NC1=C(c2ccc([N+](=O)[O-])cc2)C(=O)N(c2ccccc2C)C1=O. The molecular formula is C24H19N3O5. The summed E-state index contributed by atoms with van der Waals surface area (Å²) in [7, 11) is 1.51. The van der Waals surface area contributed by atoms with Gasteiger partial charge in [-0.1, -0.05) is 30.3 Å². The largest absolute Gasteiger partial charge is 0.495 e. The van der Waals surface area contributed by atoms with Crippen molar-refractivity contribution in [3.8, 4) is 5.75 Å². The van der Waals surface area contributed by atoms with Gasteiger partial charge in [0, 0.05) is 12.1 Å². The molecule has 0 aromatic heterocycles. The molecule has 1 heterocycles. The molecule has 0 fully saturated rings. The summed E-state index contributed by atoms with van der Waals surface area (Å²) in [5.74, 6) is -0.545. The molecule has 32 heavy (non-hydrogen) atoms. The molecule has 2 amide bonds. The first kappa shape index (κ1) is 20.8. The van der Waals surface area contributed by atoms with Crippen LogP contribution in [0.5, 0.6) is 5.75 Å². The number of imide groups is 1. The van der Waals surface area contributed by atoms with Gasteiger partial charge in [0.25, 0.3) is 17.5 Å².